The van der Waals surface area contributed by atoms with Crippen molar-refractivity contribution in [1.29, 1.82) is 0 Å². The first-order chi connectivity index (χ1) is 8.60. The second kappa shape index (κ2) is 7.74. The van der Waals surface area contributed by atoms with Crippen molar-refractivity contribution in [2.24, 2.45) is 0 Å². The lowest BCUT2D eigenvalue weighted by molar-refractivity contribution is 0.314. The topological polar surface area (TPSA) is 37.4 Å². The van der Waals surface area contributed by atoms with Gasteiger partial charge < -0.3 is 0 Å². The number of nitrogens with zero attached hydrogens (tertiary/aromatic N) is 1. The van der Waals surface area contributed by atoms with Gasteiger partial charge in [0.15, 0.2) is 14.5 Å². The van der Waals surface area contributed by atoms with Gasteiger partial charge in [-0.15, -0.1) is 24.0 Å². The van der Waals surface area contributed by atoms with Crippen molar-refractivity contribution in [3.05, 3.63) is 30.3 Å². The van der Waals surface area contributed by atoms with Crippen LogP contribution in [0.5, 0.6) is 0 Å². The molecule has 0 spiro atoms. The van der Waals surface area contributed by atoms with E-state index in [1.807, 2.05) is 11.8 Å². The molecule has 0 aromatic heterocycles. The monoisotopic (exact) mass is 341 g/mol. The predicted octanol–water partition coefficient (Wildman–Crippen LogP) is 2.50. The van der Waals surface area contributed by atoms with E-state index >= 15 is 0 Å². The molecular formula is C12H17Cl2NO2S2. The van der Waals surface area contributed by atoms with Gasteiger partial charge >= 0.3 is 0 Å². The summed E-state index contributed by atoms with van der Waals surface area (Å²) < 4.78 is 23.6. The molecule has 7 heteroatoms. The number of benzene rings is 1. The molecule has 1 heterocycles. The van der Waals surface area contributed by atoms with Crippen LogP contribution in [0.25, 0.3) is 0 Å². The predicted molar refractivity (Wildman–Crippen MR) is 84.3 cm³/mol. The van der Waals surface area contributed by atoms with Gasteiger partial charge in [0.1, 0.15) is 0 Å². The molecule has 0 bridgehead atoms. The summed E-state index contributed by atoms with van der Waals surface area (Å²) in [5.74, 6) is 2.10. The summed E-state index contributed by atoms with van der Waals surface area (Å²) in [5, 5.41) is 0. The first-order valence-electron chi connectivity index (χ1n) is 5.84. The molecule has 0 aliphatic carbocycles. The molecule has 1 saturated heterocycles. The number of thioether (sulfide) groups is 1. The second-order valence-electron chi connectivity index (χ2n) is 4.18. The van der Waals surface area contributed by atoms with E-state index in [9.17, 15) is 8.42 Å². The average molecular weight is 342 g/mol. The summed E-state index contributed by atoms with van der Waals surface area (Å²) in [4.78, 5) is 2.42. The fourth-order valence-electron chi connectivity index (χ4n) is 1.84. The Bertz CT molecular complexity index is 476. The molecule has 1 unspecified atom stereocenters. The van der Waals surface area contributed by atoms with Crippen LogP contribution in [-0.4, -0.2) is 49.2 Å². The molecule has 1 aliphatic rings. The van der Waals surface area contributed by atoms with Crippen molar-refractivity contribution in [3.63, 3.8) is 0 Å². The lowest BCUT2D eigenvalue weighted by Gasteiger charge is -2.27. The molecule has 108 valence electrons. The number of alkyl halides is 1. The molecule has 1 aromatic carbocycles. The van der Waals surface area contributed by atoms with Crippen LogP contribution in [0.15, 0.2) is 35.2 Å². The number of halogens is 2. The van der Waals surface area contributed by atoms with Gasteiger partial charge in [0, 0.05) is 31.1 Å². The maximum absolute atomic E-state index is 12.2. The van der Waals surface area contributed by atoms with Crippen LogP contribution in [-0.2, 0) is 9.84 Å². The van der Waals surface area contributed by atoms with Crippen molar-refractivity contribution >= 4 is 45.6 Å². The van der Waals surface area contributed by atoms with E-state index in [0.717, 1.165) is 24.6 Å². The minimum atomic E-state index is -3.42. The normalized spacial score (nSPS) is 18.6. The van der Waals surface area contributed by atoms with E-state index in [4.69, 9.17) is 11.6 Å². The maximum Gasteiger partial charge on any atom is 0.196 e. The summed E-state index contributed by atoms with van der Waals surface area (Å²) in [7, 11) is -3.42. The number of rotatable bonds is 4. The van der Waals surface area contributed by atoms with Gasteiger partial charge in [0.05, 0.1) is 4.90 Å². The molecule has 1 atom stereocenters. The van der Waals surface area contributed by atoms with Gasteiger partial charge in [-0.05, 0) is 12.1 Å². The van der Waals surface area contributed by atoms with Gasteiger partial charge in [-0.1, -0.05) is 18.2 Å². The lowest BCUT2D eigenvalue weighted by Crippen LogP contribution is -2.39. The molecule has 1 aromatic rings. The van der Waals surface area contributed by atoms with Gasteiger partial charge in [0.2, 0.25) is 0 Å². The second-order valence-corrected chi connectivity index (χ2v) is 8.32. The van der Waals surface area contributed by atoms with Crippen LogP contribution in [0, 0.1) is 0 Å². The van der Waals surface area contributed by atoms with Crippen LogP contribution in [0.3, 0.4) is 0 Å². The Morgan fingerprint density at radius 1 is 1.21 bits per heavy atom. The van der Waals surface area contributed by atoms with Gasteiger partial charge in [-0.2, -0.15) is 11.8 Å². The third-order valence-corrected chi connectivity index (χ3v) is 6.45. The van der Waals surface area contributed by atoms with E-state index in [-0.39, 0.29) is 12.4 Å². The zero-order chi connectivity index (χ0) is 13.0. The van der Waals surface area contributed by atoms with Gasteiger partial charge in [-0.25, -0.2) is 8.42 Å². The summed E-state index contributed by atoms with van der Waals surface area (Å²) in [5.41, 5.74) is 0. The van der Waals surface area contributed by atoms with E-state index in [1.54, 1.807) is 30.3 Å². The standard InChI is InChI=1S/C12H16ClNO2S2.ClH/c13-12(10-14-6-8-17-9-7-14)18(15,16)11-4-2-1-3-5-11;/h1-5,12H,6-10H2;1H. The summed E-state index contributed by atoms with van der Waals surface area (Å²) in [6.45, 7) is 2.23. The molecule has 0 radical (unpaired) electrons. The molecule has 0 N–H and O–H groups in total. The SMILES string of the molecule is Cl.O=S(=O)(c1ccccc1)C(Cl)CN1CCSCC1. The van der Waals surface area contributed by atoms with Crippen LogP contribution < -0.4 is 0 Å². The zero-order valence-corrected chi connectivity index (χ0v) is 13.6. The van der Waals surface area contributed by atoms with E-state index < -0.39 is 14.5 Å². The van der Waals surface area contributed by atoms with Gasteiger partial charge in [0.25, 0.3) is 0 Å². The third kappa shape index (κ3) is 4.53. The fourth-order valence-corrected chi connectivity index (χ4v) is 4.56. The molecular weight excluding hydrogens is 325 g/mol. The Morgan fingerprint density at radius 3 is 2.37 bits per heavy atom. The number of sulfone groups is 1. The minimum Gasteiger partial charge on any atom is -0.299 e. The highest BCUT2D eigenvalue weighted by atomic mass is 35.5. The smallest absolute Gasteiger partial charge is 0.196 e. The molecule has 1 fully saturated rings. The summed E-state index contributed by atoms with van der Waals surface area (Å²) in [6, 6.07) is 8.42. The molecule has 0 saturated carbocycles. The molecule has 0 amide bonds. The zero-order valence-electron chi connectivity index (χ0n) is 10.4. The van der Waals surface area contributed by atoms with Crippen LogP contribution in [0.4, 0.5) is 0 Å². The Kier molecular flexibility index (Phi) is 6.97. The van der Waals surface area contributed by atoms with Gasteiger partial charge in [-0.3, -0.25) is 4.90 Å². The quantitative estimate of drug-likeness (QED) is 0.788. The van der Waals surface area contributed by atoms with E-state index in [1.165, 1.54) is 0 Å². The first-order valence-corrected chi connectivity index (χ1v) is 8.97. The number of hydrogen-bond acceptors (Lipinski definition) is 4. The van der Waals surface area contributed by atoms with Crippen molar-refractivity contribution in [2.45, 2.75) is 9.60 Å². The average Bonchev–Trinajstić information content (AvgIpc) is 2.41. The van der Waals surface area contributed by atoms with E-state index in [2.05, 4.69) is 4.90 Å². The number of hydrogen-bond donors (Lipinski definition) is 0. The Labute approximate surface area is 130 Å². The Hall–Kier alpha value is 0.0600. The van der Waals surface area contributed by atoms with Crippen molar-refractivity contribution < 1.29 is 8.42 Å². The molecule has 19 heavy (non-hydrogen) atoms. The lowest BCUT2D eigenvalue weighted by atomic mass is 10.4. The third-order valence-electron chi connectivity index (χ3n) is 2.91. The minimum absolute atomic E-state index is 0. The van der Waals surface area contributed by atoms with Crippen LogP contribution in [0.2, 0.25) is 0 Å². The highest BCUT2D eigenvalue weighted by Gasteiger charge is 2.27. The van der Waals surface area contributed by atoms with Crippen molar-refractivity contribution in [2.75, 3.05) is 31.1 Å². The summed E-state index contributed by atoms with van der Waals surface area (Å²) in [6.07, 6.45) is 0. The molecule has 3 nitrogen and oxygen atoms in total. The summed E-state index contributed by atoms with van der Waals surface area (Å²) >= 11 is 8.00. The maximum atomic E-state index is 12.2. The van der Waals surface area contributed by atoms with E-state index in [0.29, 0.717) is 11.4 Å². The van der Waals surface area contributed by atoms with Crippen LogP contribution >= 0.6 is 35.8 Å². The Morgan fingerprint density at radius 2 is 1.79 bits per heavy atom. The van der Waals surface area contributed by atoms with Crippen molar-refractivity contribution in [1.82, 2.24) is 4.90 Å². The molecule has 1 aliphatic heterocycles. The first kappa shape index (κ1) is 17.1. The largest absolute Gasteiger partial charge is 0.299 e. The van der Waals surface area contributed by atoms with Crippen molar-refractivity contribution in [3.8, 4) is 0 Å². The molecule has 2 rings (SSSR count). The highest BCUT2D eigenvalue weighted by Crippen LogP contribution is 2.20. The van der Waals surface area contributed by atoms with Crippen LogP contribution in [0.1, 0.15) is 0 Å². The highest BCUT2D eigenvalue weighted by molar-refractivity contribution is 7.99. The Balaban J connectivity index is 0.00000180. The fraction of sp³-hybridized carbons (Fsp3) is 0.500.